The number of aliphatic hydroxyl groups is 4. The van der Waals surface area contributed by atoms with E-state index >= 15 is 0 Å². The second-order valence-electron chi connectivity index (χ2n) is 4.98. The molecule has 1 aliphatic rings. The topological polar surface area (TPSA) is 186 Å². The standard InChI is InChI=1S/C12H14N2O10/c15-4-8-9(16)10(17)11(12(18)24-8)23-5-1-2-6(13(19)20)7(3-5)14(21)22/h1-3,8-12,15-18H,4H2/t8-,9+,10+,11-,12-/m1/s1. The maximum Gasteiger partial charge on any atom is 0.349 e. The van der Waals surface area contributed by atoms with Crippen LogP contribution < -0.4 is 4.74 Å². The van der Waals surface area contributed by atoms with Crippen LogP contribution in [-0.2, 0) is 4.74 Å². The second kappa shape index (κ2) is 7.02. The number of benzene rings is 1. The van der Waals surface area contributed by atoms with Crippen LogP contribution in [0.25, 0.3) is 0 Å². The molecule has 4 N–H and O–H groups in total. The summed E-state index contributed by atoms with van der Waals surface area (Å²) in [6.45, 7) is -0.662. The summed E-state index contributed by atoms with van der Waals surface area (Å²) in [5, 5.41) is 60.0. The Balaban J connectivity index is 2.26. The third-order valence-electron chi connectivity index (χ3n) is 3.46. The zero-order chi connectivity index (χ0) is 18.0. The lowest BCUT2D eigenvalue weighted by atomic mass is 9.99. The summed E-state index contributed by atoms with van der Waals surface area (Å²) in [5.74, 6) is -0.256. The van der Waals surface area contributed by atoms with E-state index in [4.69, 9.17) is 14.6 Å². The molecule has 0 spiro atoms. The molecule has 0 amide bonds. The van der Waals surface area contributed by atoms with Crippen molar-refractivity contribution in [3.05, 3.63) is 38.4 Å². The van der Waals surface area contributed by atoms with Crippen molar-refractivity contribution in [2.75, 3.05) is 6.61 Å². The summed E-state index contributed by atoms with van der Waals surface area (Å²) in [6.07, 6.45) is -7.74. The predicted octanol–water partition coefficient (Wildman–Crippen LogP) is -1.32. The van der Waals surface area contributed by atoms with Crippen LogP contribution >= 0.6 is 0 Å². The van der Waals surface area contributed by atoms with Crippen molar-refractivity contribution in [3.63, 3.8) is 0 Å². The van der Waals surface area contributed by atoms with Crippen molar-refractivity contribution < 1.29 is 39.7 Å². The molecule has 1 aliphatic heterocycles. The van der Waals surface area contributed by atoms with E-state index in [1.807, 2.05) is 0 Å². The molecular formula is C12H14N2O10. The van der Waals surface area contributed by atoms with E-state index in [1.54, 1.807) is 0 Å². The van der Waals surface area contributed by atoms with Gasteiger partial charge in [-0.05, 0) is 6.07 Å². The normalized spacial score (nSPS) is 29.9. The average Bonchev–Trinajstić information content (AvgIpc) is 2.54. The molecule has 1 heterocycles. The average molecular weight is 346 g/mol. The van der Waals surface area contributed by atoms with Gasteiger partial charge in [0.15, 0.2) is 12.4 Å². The highest BCUT2D eigenvalue weighted by Crippen LogP contribution is 2.32. The zero-order valence-electron chi connectivity index (χ0n) is 12.0. The first-order chi connectivity index (χ1) is 11.3. The highest BCUT2D eigenvalue weighted by molar-refractivity contribution is 5.55. The number of nitro benzene ring substituents is 2. The van der Waals surface area contributed by atoms with Gasteiger partial charge in [0.05, 0.1) is 22.5 Å². The summed E-state index contributed by atoms with van der Waals surface area (Å²) in [6, 6.07) is 2.63. The number of rotatable bonds is 5. The second-order valence-corrected chi connectivity index (χ2v) is 4.98. The summed E-state index contributed by atoms with van der Waals surface area (Å²) in [4.78, 5) is 19.7. The molecule has 2 rings (SSSR count). The molecule has 132 valence electrons. The number of ether oxygens (including phenoxy) is 2. The first-order valence-electron chi connectivity index (χ1n) is 6.66. The molecule has 0 unspecified atom stereocenters. The van der Waals surface area contributed by atoms with Gasteiger partial charge in [-0.2, -0.15) is 0 Å². The molecule has 1 aromatic carbocycles. The Morgan fingerprint density at radius 1 is 1.08 bits per heavy atom. The van der Waals surface area contributed by atoms with Crippen LogP contribution in [-0.4, -0.2) is 67.6 Å². The smallest absolute Gasteiger partial charge is 0.349 e. The Morgan fingerprint density at radius 3 is 2.25 bits per heavy atom. The summed E-state index contributed by atoms with van der Waals surface area (Å²) >= 11 is 0. The Labute approximate surface area is 133 Å². The third kappa shape index (κ3) is 3.42. The molecule has 24 heavy (non-hydrogen) atoms. The Bertz CT molecular complexity index is 638. The van der Waals surface area contributed by atoms with E-state index in [0.29, 0.717) is 0 Å². The molecule has 1 fully saturated rings. The van der Waals surface area contributed by atoms with Gasteiger partial charge in [-0.3, -0.25) is 20.2 Å². The van der Waals surface area contributed by atoms with Gasteiger partial charge in [0.1, 0.15) is 24.1 Å². The van der Waals surface area contributed by atoms with Crippen LogP contribution in [0, 0.1) is 20.2 Å². The molecular weight excluding hydrogens is 332 g/mol. The largest absolute Gasteiger partial charge is 0.482 e. The van der Waals surface area contributed by atoms with Crippen molar-refractivity contribution in [2.45, 2.75) is 30.7 Å². The predicted molar refractivity (Wildman–Crippen MR) is 74.1 cm³/mol. The van der Waals surface area contributed by atoms with Gasteiger partial charge >= 0.3 is 11.4 Å². The molecule has 12 heteroatoms. The highest BCUT2D eigenvalue weighted by atomic mass is 16.7. The van der Waals surface area contributed by atoms with Gasteiger partial charge in [0.2, 0.25) is 0 Å². The SMILES string of the molecule is O=[N+]([O-])c1ccc(O[C@@H]2[C@@H](O)[C@@H](O)[C@@H](CO)O[C@H]2O)cc1[N+](=O)[O-]. The van der Waals surface area contributed by atoms with Gasteiger partial charge in [-0.25, -0.2) is 0 Å². The summed E-state index contributed by atoms with van der Waals surface area (Å²) in [5.41, 5.74) is -1.60. The van der Waals surface area contributed by atoms with Crippen LogP contribution in [0.1, 0.15) is 0 Å². The number of nitrogens with zero attached hydrogens (tertiary/aromatic N) is 2. The molecule has 0 bridgehead atoms. The lowest BCUT2D eigenvalue weighted by molar-refractivity contribution is -0.422. The quantitative estimate of drug-likeness (QED) is 0.368. The van der Waals surface area contributed by atoms with Crippen LogP contribution in [0.2, 0.25) is 0 Å². The third-order valence-corrected chi connectivity index (χ3v) is 3.46. The van der Waals surface area contributed by atoms with Crippen LogP contribution in [0.3, 0.4) is 0 Å². The minimum Gasteiger partial charge on any atom is -0.482 e. The Morgan fingerprint density at radius 2 is 1.71 bits per heavy atom. The fourth-order valence-electron chi connectivity index (χ4n) is 2.23. The minimum absolute atomic E-state index is 0.256. The lowest BCUT2D eigenvalue weighted by Gasteiger charge is -2.39. The number of hydrogen-bond donors (Lipinski definition) is 4. The number of hydrogen-bond acceptors (Lipinski definition) is 10. The maximum atomic E-state index is 10.9. The molecule has 12 nitrogen and oxygen atoms in total. The molecule has 1 saturated heterocycles. The molecule has 0 saturated carbocycles. The number of nitro groups is 2. The first-order valence-corrected chi connectivity index (χ1v) is 6.66. The first kappa shape index (κ1) is 18.0. The van der Waals surface area contributed by atoms with Crippen LogP contribution in [0.4, 0.5) is 11.4 Å². The fraction of sp³-hybridized carbons (Fsp3) is 0.500. The van der Waals surface area contributed by atoms with Crippen molar-refractivity contribution in [3.8, 4) is 5.75 Å². The van der Waals surface area contributed by atoms with Gasteiger partial charge in [-0.15, -0.1) is 0 Å². The zero-order valence-corrected chi connectivity index (χ0v) is 12.0. The van der Waals surface area contributed by atoms with Crippen molar-refractivity contribution in [1.82, 2.24) is 0 Å². The molecule has 1 aromatic rings. The van der Waals surface area contributed by atoms with Gasteiger partial charge in [-0.1, -0.05) is 0 Å². The summed E-state index contributed by atoms with van der Waals surface area (Å²) in [7, 11) is 0. The summed E-state index contributed by atoms with van der Waals surface area (Å²) < 4.78 is 10.0. The highest BCUT2D eigenvalue weighted by Gasteiger charge is 2.45. The van der Waals surface area contributed by atoms with Crippen LogP contribution in [0.15, 0.2) is 18.2 Å². The molecule has 0 radical (unpaired) electrons. The number of aliphatic hydroxyl groups excluding tert-OH is 4. The monoisotopic (exact) mass is 346 g/mol. The van der Waals surface area contributed by atoms with E-state index in [1.165, 1.54) is 0 Å². The lowest BCUT2D eigenvalue weighted by Crippen LogP contribution is -2.60. The Hall–Kier alpha value is -2.38. The van der Waals surface area contributed by atoms with E-state index in [-0.39, 0.29) is 5.75 Å². The molecule has 0 aliphatic carbocycles. The maximum absolute atomic E-state index is 10.9. The van der Waals surface area contributed by atoms with Gasteiger partial charge in [0.25, 0.3) is 0 Å². The van der Waals surface area contributed by atoms with Gasteiger partial charge in [0, 0.05) is 6.07 Å². The van der Waals surface area contributed by atoms with Crippen molar-refractivity contribution >= 4 is 11.4 Å². The minimum atomic E-state index is -1.74. The molecule has 0 aromatic heterocycles. The fourth-order valence-corrected chi connectivity index (χ4v) is 2.23. The molecule has 5 atom stereocenters. The van der Waals surface area contributed by atoms with E-state index in [2.05, 4.69) is 0 Å². The van der Waals surface area contributed by atoms with E-state index in [0.717, 1.165) is 18.2 Å². The van der Waals surface area contributed by atoms with Crippen LogP contribution in [0.5, 0.6) is 5.75 Å². The van der Waals surface area contributed by atoms with Gasteiger partial charge < -0.3 is 29.9 Å². The Kier molecular flexibility index (Phi) is 5.26. The van der Waals surface area contributed by atoms with Crippen molar-refractivity contribution in [2.24, 2.45) is 0 Å². The van der Waals surface area contributed by atoms with E-state index < -0.39 is 58.5 Å². The van der Waals surface area contributed by atoms with Crippen molar-refractivity contribution in [1.29, 1.82) is 0 Å². The van der Waals surface area contributed by atoms with E-state index in [9.17, 15) is 35.5 Å².